The fourth-order valence-corrected chi connectivity index (χ4v) is 7.52. The lowest BCUT2D eigenvalue weighted by Gasteiger charge is -2.42. The largest absolute Gasteiger partial charge is 0.457 e. The van der Waals surface area contributed by atoms with E-state index in [0.717, 1.165) is 38.5 Å². The van der Waals surface area contributed by atoms with Crippen molar-refractivity contribution in [3.05, 3.63) is 0 Å². The number of carbonyl (C=O) groups is 1. The van der Waals surface area contributed by atoms with Gasteiger partial charge in [-0.05, 0) is 12.8 Å². The number of aliphatic hydroxyl groups excluding tert-OH is 7. The van der Waals surface area contributed by atoms with Gasteiger partial charge in [-0.2, -0.15) is 0 Å². The highest BCUT2D eigenvalue weighted by Gasteiger charge is 2.47. The first-order valence-electron chi connectivity index (χ1n) is 23.1. The monoisotopic (exact) mass is 837 g/mol. The van der Waals surface area contributed by atoms with Crippen molar-refractivity contribution in [1.29, 1.82) is 0 Å². The molecule has 344 valence electrons. The molecule has 0 amide bonds. The molecule has 0 radical (unpaired) electrons. The van der Waals surface area contributed by atoms with E-state index in [-0.39, 0.29) is 25.6 Å². The van der Waals surface area contributed by atoms with E-state index in [1.807, 2.05) is 0 Å². The van der Waals surface area contributed by atoms with Crippen molar-refractivity contribution >= 4 is 5.97 Å². The van der Waals surface area contributed by atoms with Crippen LogP contribution in [0.25, 0.3) is 0 Å². The lowest BCUT2D eigenvalue weighted by molar-refractivity contribution is -0.332. The van der Waals surface area contributed by atoms with Crippen LogP contribution in [0.4, 0.5) is 0 Å². The van der Waals surface area contributed by atoms with E-state index in [2.05, 4.69) is 13.8 Å². The molecule has 2 rings (SSSR count). The minimum atomic E-state index is -1.70. The molecule has 0 aromatic heterocycles. The zero-order chi connectivity index (χ0) is 42.4. The molecule has 0 spiro atoms. The first-order valence-corrected chi connectivity index (χ1v) is 23.1. The number of rotatable bonds is 36. The summed E-state index contributed by atoms with van der Waals surface area (Å²) in [5.74, 6) is -0.375. The normalized spacial score (nSPS) is 28.2. The van der Waals surface area contributed by atoms with Gasteiger partial charge >= 0.3 is 5.97 Å². The van der Waals surface area contributed by atoms with Gasteiger partial charge in [0.25, 0.3) is 0 Å². The van der Waals surface area contributed by atoms with Gasteiger partial charge in [0.15, 0.2) is 12.6 Å². The fourth-order valence-electron chi connectivity index (χ4n) is 7.52. The molecule has 2 aliphatic heterocycles. The van der Waals surface area contributed by atoms with Gasteiger partial charge in [-0.3, -0.25) is 4.79 Å². The van der Waals surface area contributed by atoms with Gasteiger partial charge in [0, 0.05) is 13.0 Å². The Hall–Kier alpha value is -1.01. The lowest BCUT2D eigenvalue weighted by atomic mass is 9.98. The number of aliphatic hydroxyl groups is 7. The van der Waals surface area contributed by atoms with Crippen LogP contribution in [0.15, 0.2) is 0 Å². The zero-order valence-electron chi connectivity index (χ0n) is 36.1. The molecule has 0 aromatic rings. The standard InChI is InChI=1S/C44H84O14/c1-3-5-7-9-11-13-15-16-17-18-20-22-24-26-28-53-30-33(56-36(46)27-25-23-21-19-14-12-10-8-6-4-2)31-54-43-42(52)40(50)38(48)35(58-43)32-55-44-41(51)39(49)37(47)34(29-45)57-44/h33-35,37-45,47-52H,3-32H2,1-2H3. The third-order valence-electron chi connectivity index (χ3n) is 11.4. The molecule has 0 aromatic carbocycles. The summed E-state index contributed by atoms with van der Waals surface area (Å²) < 4.78 is 34.1. The third kappa shape index (κ3) is 22.2. The summed E-state index contributed by atoms with van der Waals surface area (Å²) in [5.41, 5.74) is 0. The van der Waals surface area contributed by atoms with Gasteiger partial charge in [-0.25, -0.2) is 0 Å². The van der Waals surface area contributed by atoms with Crippen LogP contribution in [-0.2, 0) is 33.2 Å². The SMILES string of the molecule is CCCCCCCCCCCCCCCCOCC(COC1OC(COC2OC(CO)C(O)C(O)C2O)C(O)C(O)C1O)OC(=O)CCCCCCCCCCCC. The number of unbranched alkanes of at least 4 members (excludes halogenated alkanes) is 22. The molecule has 2 heterocycles. The summed E-state index contributed by atoms with van der Waals surface area (Å²) in [5, 5.41) is 71.8. The molecule has 11 atom stereocenters. The molecule has 58 heavy (non-hydrogen) atoms. The molecule has 14 nitrogen and oxygen atoms in total. The van der Waals surface area contributed by atoms with Crippen LogP contribution >= 0.6 is 0 Å². The van der Waals surface area contributed by atoms with E-state index in [0.29, 0.717) is 13.0 Å². The highest BCUT2D eigenvalue weighted by Crippen LogP contribution is 2.26. The van der Waals surface area contributed by atoms with Crippen LogP contribution in [0.1, 0.15) is 174 Å². The zero-order valence-corrected chi connectivity index (χ0v) is 36.1. The Labute approximate surface area is 349 Å². The Kier molecular flexibility index (Phi) is 30.8. The van der Waals surface area contributed by atoms with Gasteiger partial charge in [0.05, 0.1) is 26.4 Å². The maximum atomic E-state index is 12.9. The summed E-state index contributed by atoms with van der Waals surface area (Å²) in [6.45, 7) is 3.69. The maximum Gasteiger partial charge on any atom is 0.306 e. The van der Waals surface area contributed by atoms with Crippen LogP contribution in [0, 0.1) is 0 Å². The highest BCUT2D eigenvalue weighted by atomic mass is 16.7. The minimum absolute atomic E-state index is 0.0693. The van der Waals surface area contributed by atoms with Gasteiger partial charge in [0.1, 0.15) is 54.9 Å². The molecule has 2 fully saturated rings. The molecular weight excluding hydrogens is 752 g/mol. The van der Waals surface area contributed by atoms with Crippen molar-refractivity contribution in [2.75, 3.05) is 33.0 Å². The van der Waals surface area contributed by atoms with Crippen molar-refractivity contribution < 1.29 is 69.0 Å². The number of esters is 1. The van der Waals surface area contributed by atoms with Crippen LogP contribution < -0.4 is 0 Å². The smallest absolute Gasteiger partial charge is 0.306 e. The van der Waals surface area contributed by atoms with Gasteiger partial charge < -0.3 is 64.2 Å². The third-order valence-corrected chi connectivity index (χ3v) is 11.4. The summed E-state index contributed by atoms with van der Waals surface area (Å²) in [6.07, 6.45) is 13.2. The molecule has 0 aliphatic carbocycles. The molecule has 2 saturated heterocycles. The minimum Gasteiger partial charge on any atom is -0.457 e. The fraction of sp³-hybridized carbons (Fsp3) is 0.977. The molecule has 11 unspecified atom stereocenters. The van der Waals surface area contributed by atoms with Crippen LogP contribution in [-0.4, -0.2) is 142 Å². The summed E-state index contributed by atoms with van der Waals surface area (Å²) in [6, 6.07) is 0. The van der Waals surface area contributed by atoms with Crippen molar-refractivity contribution in [3.8, 4) is 0 Å². The maximum absolute atomic E-state index is 12.9. The van der Waals surface area contributed by atoms with E-state index < -0.39 is 80.7 Å². The molecule has 14 heteroatoms. The second-order valence-electron chi connectivity index (χ2n) is 16.6. The van der Waals surface area contributed by atoms with E-state index in [4.69, 9.17) is 28.4 Å². The van der Waals surface area contributed by atoms with E-state index in [9.17, 15) is 40.5 Å². The van der Waals surface area contributed by atoms with E-state index in [1.165, 1.54) is 109 Å². The topological polar surface area (TPSA) is 214 Å². The Morgan fingerprint density at radius 2 is 0.914 bits per heavy atom. The molecule has 2 aliphatic rings. The Bertz CT molecular complexity index is 975. The van der Waals surface area contributed by atoms with Crippen molar-refractivity contribution in [1.82, 2.24) is 0 Å². The number of ether oxygens (including phenoxy) is 6. The van der Waals surface area contributed by atoms with Gasteiger partial charge in [-0.1, -0.05) is 155 Å². The molecule has 0 saturated carbocycles. The number of carbonyl (C=O) groups excluding carboxylic acids is 1. The van der Waals surface area contributed by atoms with E-state index >= 15 is 0 Å². The van der Waals surface area contributed by atoms with Crippen molar-refractivity contribution in [3.63, 3.8) is 0 Å². The number of hydrogen-bond acceptors (Lipinski definition) is 14. The summed E-state index contributed by atoms with van der Waals surface area (Å²) >= 11 is 0. The molecule has 7 N–H and O–H groups in total. The van der Waals surface area contributed by atoms with Gasteiger partial charge in [0.2, 0.25) is 0 Å². The second-order valence-corrected chi connectivity index (χ2v) is 16.6. The Morgan fingerprint density at radius 3 is 1.40 bits per heavy atom. The number of hydrogen-bond donors (Lipinski definition) is 7. The summed E-state index contributed by atoms with van der Waals surface area (Å²) in [4.78, 5) is 12.9. The second kappa shape index (κ2) is 33.6. The summed E-state index contributed by atoms with van der Waals surface area (Å²) in [7, 11) is 0. The highest BCUT2D eigenvalue weighted by molar-refractivity contribution is 5.69. The van der Waals surface area contributed by atoms with Crippen molar-refractivity contribution in [2.45, 2.75) is 242 Å². The first-order chi connectivity index (χ1) is 28.1. The van der Waals surface area contributed by atoms with E-state index in [1.54, 1.807) is 0 Å². The lowest BCUT2D eigenvalue weighted by Crippen LogP contribution is -2.61. The average Bonchev–Trinajstić information content (AvgIpc) is 3.22. The Balaban J connectivity index is 1.80. The quantitative estimate of drug-likeness (QED) is 0.0313. The van der Waals surface area contributed by atoms with Gasteiger partial charge in [-0.15, -0.1) is 0 Å². The van der Waals surface area contributed by atoms with Crippen LogP contribution in [0.3, 0.4) is 0 Å². The molecule has 0 bridgehead atoms. The average molecular weight is 837 g/mol. The van der Waals surface area contributed by atoms with Crippen LogP contribution in [0.5, 0.6) is 0 Å². The predicted octanol–water partition coefficient (Wildman–Crippen LogP) is 5.35. The Morgan fingerprint density at radius 1 is 0.500 bits per heavy atom. The van der Waals surface area contributed by atoms with Crippen LogP contribution in [0.2, 0.25) is 0 Å². The van der Waals surface area contributed by atoms with Crippen molar-refractivity contribution in [2.24, 2.45) is 0 Å². The molecular formula is C44H84O14. The predicted molar refractivity (Wildman–Crippen MR) is 220 cm³/mol. The first kappa shape index (κ1) is 53.1.